The summed E-state index contributed by atoms with van der Waals surface area (Å²) in [4.78, 5) is 16.0. The molecule has 0 aromatic heterocycles. The first-order valence-electron chi connectivity index (χ1n) is 4.05. The van der Waals surface area contributed by atoms with Crippen LogP contribution in [0, 0.1) is 0 Å². The molecule has 0 saturated carbocycles. The van der Waals surface area contributed by atoms with E-state index in [4.69, 9.17) is 0 Å². The third-order valence-corrected chi connectivity index (χ3v) is 1.94. The van der Waals surface area contributed by atoms with E-state index in [0.29, 0.717) is 0 Å². The minimum atomic E-state index is -0.227. The van der Waals surface area contributed by atoms with Crippen molar-refractivity contribution in [3.63, 3.8) is 0 Å². The molecular formula is C10H9NO2. The molecule has 1 aliphatic heterocycles. The summed E-state index contributed by atoms with van der Waals surface area (Å²) in [5.41, 5.74) is 3.28. The number of carbonyl (C=O) groups is 1. The fourth-order valence-electron chi connectivity index (χ4n) is 1.28. The van der Waals surface area contributed by atoms with Gasteiger partial charge in [0.15, 0.2) is 0 Å². The van der Waals surface area contributed by atoms with E-state index in [9.17, 15) is 4.79 Å². The fourth-order valence-corrected chi connectivity index (χ4v) is 1.28. The average molecular weight is 175 g/mol. The van der Waals surface area contributed by atoms with Crippen LogP contribution < -0.4 is 5.48 Å². The van der Waals surface area contributed by atoms with E-state index in [0.717, 1.165) is 5.56 Å². The van der Waals surface area contributed by atoms with Crippen LogP contribution in [0.25, 0.3) is 0 Å². The molecule has 3 heteroatoms. The van der Waals surface area contributed by atoms with Crippen molar-refractivity contribution in [3.8, 4) is 0 Å². The van der Waals surface area contributed by atoms with E-state index in [1.54, 1.807) is 6.08 Å². The molecule has 2 rings (SSSR count). The van der Waals surface area contributed by atoms with Gasteiger partial charge >= 0.3 is 0 Å². The van der Waals surface area contributed by atoms with Crippen molar-refractivity contribution >= 4 is 5.91 Å². The maximum absolute atomic E-state index is 11.3. The predicted octanol–water partition coefficient (Wildman–Crippen LogP) is 1.35. The number of amides is 1. The molecule has 1 heterocycles. The fraction of sp³-hybridized carbons (Fsp3) is 0.100. The molecule has 0 spiro atoms. The molecule has 0 radical (unpaired) electrons. The molecular weight excluding hydrogens is 166 g/mol. The standard InChI is InChI=1S/C10H9NO2/c12-10-9(6-7-13-11-10)8-4-2-1-3-5-8/h1-7,9H,(H,11,12). The molecule has 1 aromatic rings. The third-order valence-electron chi connectivity index (χ3n) is 1.94. The highest BCUT2D eigenvalue weighted by atomic mass is 16.6. The van der Waals surface area contributed by atoms with Crippen LogP contribution in [-0.2, 0) is 9.63 Å². The Labute approximate surface area is 76.0 Å². The van der Waals surface area contributed by atoms with Crippen LogP contribution in [0.1, 0.15) is 11.5 Å². The molecule has 0 fully saturated rings. The van der Waals surface area contributed by atoms with Gasteiger partial charge in [-0.1, -0.05) is 30.3 Å². The SMILES string of the molecule is O=C1NOC=CC1c1ccccc1. The lowest BCUT2D eigenvalue weighted by atomic mass is 9.98. The molecule has 1 aliphatic rings. The molecule has 13 heavy (non-hydrogen) atoms. The number of hydrogen-bond acceptors (Lipinski definition) is 2. The van der Waals surface area contributed by atoms with Crippen molar-refractivity contribution in [1.82, 2.24) is 5.48 Å². The number of hydrogen-bond donors (Lipinski definition) is 1. The van der Waals surface area contributed by atoms with Gasteiger partial charge in [-0.05, 0) is 11.6 Å². The van der Waals surface area contributed by atoms with Gasteiger partial charge in [-0.15, -0.1) is 0 Å². The van der Waals surface area contributed by atoms with E-state index in [2.05, 4.69) is 10.3 Å². The predicted molar refractivity (Wildman–Crippen MR) is 47.6 cm³/mol. The zero-order valence-electron chi connectivity index (χ0n) is 6.94. The van der Waals surface area contributed by atoms with E-state index in [-0.39, 0.29) is 11.8 Å². The number of rotatable bonds is 1. The largest absolute Gasteiger partial charge is 0.388 e. The molecule has 0 bridgehead atoms. The smallest absolute Gasteiger partial charge is 0.264 e. The van der Waals surface area contributed by atoms with E-state index < -0.39 is 0 Å². The first-order chi connectivity index (χ1) is 6.38. The lowest BCUT2D eigenvalue weighted by Gasteiger charge is -2.16. The van der Waals surface area contributed by atoms with E-state index >= 15 is 0 Å². The lowest BCUT2D eigenvalue weighted by Crippen LogP contribution is -2.30. The zero-order valence-corrected chi connectivity index (χ0v) is 6.94. The first-order valence-corrected chi connectivity index (χ1v) is 4.05. The molecule has 1 atom stereocenters. The molecule has 3 nitrogen and oxygen atoms in total. The summed E-state index contributed by atoms with van der Waals surface area (Å²) in [6.07, 6.45) is 3.22. The molecule has 1 N–H and O–H groups in total. The molecule has 1 aromatic carbocycles. The summed E-state index contributed by atoms with van der Waals surface area (Å²) < 4.78 is 0. The Morgan fingerprint density at radius 3 is 2.69 bits per heavy atom. The van der Waals surface area contributed by atoms with Crippen LogP contribution in [0.4, 0.5) is 0 Å². The van der Waals surface area contributed by atoms with Gasteiger partial charge in [0.05, 0.1) is 5.92 Å². The second-order valence-corrected chi connectivity index (χ2v) is 2.80. The van der Waals surface area contributed by atoms with Gasteiger partial charge in [0.25, 0.3) is 5.91 Å². The van der Waals surface area contributed by atoms with Crippen LogP contribution in [0.15, 0.2) is 42.7 Å². The number of benzene rings is 1. The van der Waals surface area contributed by atoms with Crippen molar-refractivity contribution in [2.24, 2.45) is 0 Å². The van der Waals surface area contributed by atoms with Gasteiger partial charge in [-0.2, -0.15) is 5.48 Å². The van der Waals surface area contributed by atoms with Gasteiger partial charge in [0.2, 0.25) is 0 Å². The Morgan fingerprint density at radius 2 is 2.00 bits per heavy atom. The van der Waals surface area contributed by atoms with Gasteiger partial charge in [0.1, 0.15) is 6.26 Å². The number of carbonyl (C=O) groups excluding carboxylic acids is 1. The van der Waals surface area contributed by atoms with E-state index in [1.165, 1.54) is 6.26 Å². The summed E-state index contributed by atoms with van der Waals surface area (Å²) >= 11 is 0. The minimum Gasteiger partial charge on any atom is -0.388 e. The zero-order chi connectivity index (χ0) is 9.10. The molecule has 1 unspecified atom stereocenters. The second-order valence-electron chi connectivity index (χ2n) is 2.80. The average Bonchev–Trinajstić information content (AvgIpc) is 2.20. The van der Waals surface area contributed by atoms with Gasteiger partial charge in [0, 0.05) is 0 Å². The van der Waals surface area contributed by atoms with E-state index in [1.807, 2.05) is 30.3 Å². The Morgan fingerprint density at radius 1 is 1.23 bits per heavy atom. The minimum absolute atomic E-state index is 0.131. The second kappa shape index (κ2) is 3.31. The highest BCUT2D eigenvalue weighted by molar-refractivity contribution is 5.85. The Bertz CT molecular complexity index is 332. The van der Waals surface area contributed by atoms with Crippen molar-refractivity contribution in [1.29, 1.82) is 0 Å². The number of nitrogens with one attached hydrogen (secondary N) is 1. The highest BCUT2D eigenvalue weighted by Gasteiger charge is 2.20. The Balaban J connectivity index is 2.30. The van der Waals surface area contributed by atoms with Crippen molar-refractivity contribution in [2.45, 2.75) is 5.92 Å². The Kier molecular flexibility index (Phi) is 2.00. The van der Waals surface area contributed by atoms with Crippen molar-refractivity contribution in [3.05, 3.63) is 48.2 Å². The van der Waals surface area contributed by atoms with Gasteiger partial charge < -0.3 is 4.84 Å². The summed E-state index contributed by atoms with van der Waals surface area (Å²) in [6, 6.07) is 9.57. The van der Waals surface area contributed by atoms with Gasteiger partial charge in [-0.3, -0.25) is 4.79 Å². The maximum Gasteiger partial charge on any atom is 0.264 e. The number of hydroxylamine groups is 1. The summed E-state index contributed by atoms with van der Waals surface area (Å²) in [5.74, 6) is -0.358. The quantitative estimate of drug-likeness (QED) is 0.699. The highest BCUT2D eigenvalue weighted by Crippen LogP contribution is 2.18. The summed E-state index contributed by atoms with van der Waals surface area (Å²) in [7, 11) is 0. The lowest BCUT2D eigenvalue weighted by molar-refractivity contribution is -0.131. The third kappa shape index (κ3) is 1.54. The molecule has 1 amide bonds. The van der Waals surface area contributed by atoms with Crippen molar-refractivity contribution < 1.29 is 9.63 Å². The summed E-state index contributed by atoms with van der Waals surface area (Å²) in [5, 5.41) is 0. The van der Waals surface area contributed by atoms with Crippen LogP contribution in [0.3, 0.4) is 0 Å². The van der Waals surface area contributed by atoms with Crippen LogP contribution in [0.2, 0.25) is 0 Å². The normalized spacial score (nSPS) is 20.6. The first kappa shape index (κ1) is 7.86. The monoisotopic (exact) mass is 175 g/mol. The summed E-state index contributed by atoms with van der Waals surface area (Å²) in [6.45, 7) is 0. The van der Waals surface area contributed by atoms with Crippen LogP contribution in [-0.4, -0.2) is 5.91 Å². The van der Waals surface area contributed by atoms with Gasteiger partial charge in [-0.25, -0.2) is 0 Å². The Hall–Kier alpha value is -1.77. The molecule has 0 saturated heterocycles. The van der Waals surface area contributed by atoms with Crippen LogP contribution >= 0.6 is 0 Å². The topological polar surface area (TPSA) is 38.3 Å². The molecule has 0 aliphatic carbocycles. The van der Waals surface area contributed by atoms with Crippen molar-refractivity contribution in [2.75, 3.05) is 0 Å². The molecule has 66 valence electrons. The van der Waals surface area contributed by atoms with Crippen LogP contribution in [0.5, 0.6) is 0 Å². The maximum atomic E-state index is 11.3.